The molecule has 1 aromatic rings. The van der Waals surface area contributed by atoms with Crippen molar-refractivity contribution >= 4 is 22.9 Å². The highest BCUT2D eigenvalue weighted by Gasteiger charge is 1.98. The fourth-order valence-electron chi connectivity index (χ4n) is 0.514. The van der Waals surface area contributed by atoms with E-state index in [-0.39, 0.29) is 0 Å². The van der Waals surface area contributed by atoms with Crippen LogP contribution in [0.2, 0.25) is 5.02 Å². The Morgan fingerprint density at radius 2 is 2.56 bits per heavy atom. The monoisotopic (exact) mass is 162 g/mol. The predicted octanol–water partition coefficient (Wildman–Crippen LogP) is 2.80. The molecule has 1 nitrogen and oxygen atoms in total. The molecule has 0 bridgehead atoms. The molecule has 0 fully saturated rings. The van der Waals surface area contributed by atoms with Crippen molar-refractivity contribution in [1.29, 1.82) is 0 Å². The quantitative estimate of drug-likeness (QED) is 0.650. The molecule has 0 aromatic carbocycles. The number of rotatable bonds is 2. The zero-order valence-corrected chi connectivity index (χ0v) is 6.63. The second-order valence-corrected chi connectivity index (χ2v) is 2.77. The number of hydrogen-bond donors (Lipinski definition) is 0. The summed E-state index contributed by atoms with van der Waals surface area (Å²) in [5.74, 6) is 0. The SMILES string of the molecule is CCOc1sccc1Cl. The molecule has 0 saturated carbocycles. The largest absolute Gasteiger partial charge is 0.483 e. The Labute approximate surface area is 63.2 Å². The molecular weight excluding hydrogens is 156 g/mol. The first-order chi connectivity index (χ1) is 4.34. The van der Waals surface area contributed by atoms with Gasteiger partial charge in [0.1, 0.15) is 0 Å². The third-order valence-electron chi connectivity index (χ3n) is 0.860. The Morgan fingerprint density at radius 1 is 1.78 bits per heavy atom. The normalized spacial score (nSPS) is 9.56. The van der Waals surface area contributed by atoms with Gasteiger partial charge in [0.2, 0.25) is 0 Å². The lowest BCUT2D eigenvalue weighted by molar-refractivity contribution is 0.350. The van der Waals surface area contributed by atoms with Gasteiger partial charge in [0, 0.05) is 0 Å². The average Bonchev–Trinajstić information content (AvgIpc) is 2.18. The van der Waals surface area contributed by atoms with Gasteiger partial charge in [0.05, 0.1) is 11.6 Å². The lowest BCUT2D eigenvalue weighted by atomic mass is 10.6. The van der Waals surface area contributed by atoms with Gasteiger partial charge in [0.15, 0.2) is 5.06 Å². The van der Waals surface area contributed by atoms with Crippen LogP contribution in [0.15, 0.2) is 11.4 Å². The fourth-order valence-corrected chi connectivity index (χ4v) is 1.53. The number of hydrogen-bond acceptors (Lipinski definition) is 2. The van der Waals surface area contributed by atoms with Gasteiger partial charge in [0.25, 0.3) is 0 Å². The van der Waals surface area contributed by atoms with E-state index in [0.29, 0.717) is 11.6 Å². The Morgan fingerprint density at radius 3 is 3.00 bits per heavy atom. The van der Waals surface area contributed by atoms with Crippen LogP contribution in [0.5, 0.6) is 5.06 Å². The van der Waals surface area contributed by atoms with E-state index in [4.69, 9.17) is 16.3 Å². The standard InChI is InChI=1S/C6H7ClOS/c1-2-8-6-5(7)3-4-9-6/h3-4H,2H2,1H3. The number of thiophene rings is 1. The van der Waals surface area contributed by atoms with Gasteiger partial charge in [-0.05, 0) is 18.4 Å². The third-order valence-corrected chi connectivity index (χ3v) is 2.09. The van der Waals surface area contributed by atoms with Crippen LogP contribution in [0.3, 0.4) is 0 Å². The molecular formula is C6H7ClOS. The minimum Gasteiger partial charge on any atom is -0.483 e. The first-order valence-corrected chi connectivity index (χ1v) is 3.96. The first kappa shape index (κ1) is 6.90. The van der Waals surface area contributed by atoms with E-state index in [9.17, 15) is 0 Å². The zero-order valence-electron chi connectivity index (χ0n) is 5.06. The van der Waals surface area contributed by atoms with E-state index in [1.165, 1.54) is 11.3 Å². The predicted molar refractivity (Wildman–Crippen MR) is 40.5 cm³/mol. The van der Waals surface area contributed by atoms with Crippen LogP contribution in [0.25, 0.3) is 0 Å². The summed E-state index contributed by atoms with van der Waals surface area (Å²) in [5, 5.41) is 3.44. The molecule has 0 aliphatic carbocycles. The number of halogens is 1. The van der Waals surface area contributed by atoms with Crippen molar-refractivity contribution in [2.45, 2.75) is 6.92 Å². The van der Waals surface area contributed by atoms with Crippen molar-refractivity contribution in [2.75, 3.05) is 6.61 Å². The lowest BCUT2D eigenvalue weighted by Gasteiger charge is -1.96. The molecule has 1 rings (SSSR count). The van der Waals surface area contributed by atoms with Crippen molar-refractivity contribution in [2.24, 2.45) is 0 Å². The van der Waals surface area contributed by atoms with Crippen LogP contribution in [0.1, 0.15) is 6.92 Å². The van der Waals surface area contributed by atoms with Crippen LogP contribution in [0.4, 0.5) is 0 Å². The number of ether oxygens (including phenoxy) is 1. The van der Waals surface area contributed by atoms with Gasteiger partial charge < -0.3 is 4.74 Å². The van der Waals surface area contributed by atoms with Gasteiger partial charge in [-0.15, -0.1) is 11.3 Å². The molecule has 0 spiro atoms. The molecule has 1 aromatic heterocycles. The van der Waals surface area contributed by atoms with E-state index in [1.54, 1.807) is 0 Å². The van der Waals surface area contributed by atoms with Gasteiger partial charge in [-0.3, -0.25) is 0 Å². The molecule has 50 valence electrons. The fraction of sp³-hybridized carbons (Fsp3) is 0.333. The smallest absolute Gasteiger partial charge is 0.192 e. The van der Waals surface area contributed by atoms with E-state index >= 15 is 0 Å². The van der Waals surface area contributed by atoms with Gasteiger partial charge in [-0.25, -0.2) is 0 Å². The highest BCUT2D eigenvalue weighted by atomic mass is 35.5. The summed E-state index contributed by atoms with van der Waals surface area (Å²) in [6, 6.07) is 1.83. The molecule has 0 radical (unpaired) electrons. The highest BCUT2D eigenvalue weighted by Crippen LogP contribution is 2.30. The lowest BCUT2D eigenvalue weighted by Crippen LogP contribution is -1.87. The first-order valence-electron chi connectivity index (χ1n) is 2.70. The van der Waals surface area contributed by atoms with Crippen LogP contribution in [-0.2, 0) is 0 Å². The minimum atomic E-state index is 0.681. The minimum absolute atomic E-state index is 0.681. The summed E-state index contributed by atoms with van der Waals surface area (Å²) in [6.45, 7) is 2.62. The summed E-state index contributed by atoms with van der Waals surface area (Å²) in [4.78, 5) is 0. The van der Waals surface area contributed by atoms with Gasteiger partial charge >= 0.3 is 0 Å². The Bertz CT molecular complexity index is 185. The molecule has 0 saturated heterocycles. The van der Waals surface area contributed by atoms with Crippen LogP contribution < -0.4 is 4.74 Å². The van der Waals surface area contributed by atoms with E-state index < -0.39 is 0 Å². The molecule has 1 heterocycles. The topological polar surface area (TPSA) is 9.23 Å². The summed E-state index contributed by atoms with van der Waals surface area (Å²) in [5.41, 5.74) is 0. The molecule has 0 N–H and O–H groups in total. The maximum atomic E-state index is 5.70. The molecule has 0 unspecified atom stereocenters. The summed E-state index contributed by atoms with van der Waals surface area (Å²) in [6.07, 6.45) is 0. The van der Waals surface area contributed by atoms with Crippen molar-refractivity contribution in [3.8, 4) is 5.06 Å². The van der Waals surface area contributed by atoms with Gasteiger partial charge in [-0.1, -0.05) is 11.6 Å². The maximum Gasteiger partial charge on any atom is 0.192 e. The van der Waals surface area contributed by atoms with Crippen LogP contribution in [-0.4, -0.2) is 6.61 Å². The van der Waals surface area contributed by atoms with E-state index in [0.717, 1.165) is 5.06 Å². The Hall–Kier alpha value is -0.210. The van der Waals surface area contributed by atoms with Crippen molar-refractivity contribution < 1.29 is 4.74 Å². The Balaban J connectivity index is 2.69. The molecule has 0 aliphatic rings. The molecule has 9 heavy (non-hydrogen) atoms. The second kappa shape index (κ2) is 3.08. The summed E-state index contributed by atoms with van der Waals surface area (Å²) >= 11 is 7.22. The molecule has 0 atom stereocenters. The van der Waals surface area contributed by atoms with Gasteiger partial charge in [-0.2, -0.15) is 0 Å². The molecule has 0 amide bonds. The van der Waals surface area contributed by atoms with Crippen molar-refractivity contribution in [1.82, 2.24) is 0 Å². The molecule has 0 aliphatic heterocycles. The third kappa shape index (κ3) is 1.60. The highest BCUT2D eigenvalue weighted by molar-refractivity contribution is 7.12. The summed E-state index contributed by atoms with van der Waals surface area (Å²) < 4.78 is 5.16. The van der Waals surface area contributed by atoms with Crippen LogP contribution in [0, 0.1) is 0 Å². The Kier molecular flexibility index (Phi) is 2.37. The van der Waals surface area contributed by atoms with Crippen molar-refractivity contribution in [3.05, 3.63) is 16.5 Å². The zero-order chi connectivity index (χ0) is 6.69. The molecule has 3 heteroatoms. The summed E-state index contributed by atoms with van der Waals surface area (Å²) in [7, 11) is 0. The second-order valence-electron chi connectivity index (χ2n) is 1.49. The average molecular weight is 163 g/mol. The van der Waals surface area contributed by atoms with Crippen LogP contribution >= 0.6 is 22.9 Å². The maximum absolute atomic E-state index is 5.70. The van der Waals surface area contributed by atoms with E-state index in [1.807, 2.05) is 18.4 Å². The van der Waals surface area contributed by atoms with Crippen molar-refractivity contribution in [3.63, 3.8) is 0 Å². The van der Waals surface area contributed by atoms with E-state index in [2.05, 4.69) is 0 Å².